The monoisotopic (exact) mass is 575 g/mol. The number of benzene rings is 3. The van der Waals surface area contributed by atoms with Crippen LogP contribution in [0.3, 0.4) is 0 Å². The Balaban J connectivity index is 1.41. The Morgan fingerprint density at radius 3 is 2.31 bits per heavy atom. The van der Waals surface area contributed by atoms with Gasteiger partial charge in [0.05, 0.1) is 23.4 Å². The third-order valence-corrected chi connectivity index (χ3v) is 10.2. The fourth-order valence-electron chi connectivity index (χ4n) is 7.12. The molecule has 1 spiro atoms. The van der Waals surface area contributed by atoms with E-state index in [-0.39, 0.29) is 5.41 Å². The molecule has 1 unspecified atom stereocenters. The van der Waals surface area contributed by atoms with Gasteiger partial charge in [-0.15, -0.1) is 11.3 Å². The fraction of sp³-hybridized carbons (Fsp3) is 0.410. The minimum absolute atomic E-state index is 0.264. The predicted molar refractivity (Wildman–Crippen MR) is 179 cm³/mol. The average Bonchev–Trinajstić information content (AvgIpc) is 3.56. The number of aliphatic imine (C=N–C) groups is 1. The fourth-order valence-corrected chi connectivity index (χ4v) is 7.83. The smallest absolute Gasteiger partial charge is 0.119 e. The topological polar surface area (TPSA) is 21.6 Å². The number of hydrogen-bond acceptors (Lipinski definition) is 3. The van der Waals surface area contributed by atoms with E-state index >= 15 is 0 Å². The number of unbranched alkanes of at least 4 members (excludes halogenated alkanes) is 7. The first kappa shape index (κ1) is 28.9. The summed E-state index contributed by atoms with van der Waals surface area (Å²) in [5, 5.41) is 2.17. The van der Waals surface area contributed by atoms with Crippen LogP contribution in [0, 0.1) is 0 Å². The quantitative estimate of drug-likeness (QED) is 0.145. The molecule has 2 aliphatic rings. The highest BCUT2D eigenvalue weighted by atomic mass is 32.1. The minimum Gasteiger partial charge on any atom is -0.494 e. The van der Waals surface area contributed by atoms with Gasteiger partial charge in [0.25, 0.3) is 0 Å². The lowest BCUT2D eigenvalue weighted by Gasteiger charge is -2.44. The molecule has 0 amide bonds. The molecular formula is C39H45NOS. The van der Waals surface area contributed by atoms with E-state index in [1.807, 2.05) is 0 Å². The summed E-state index contributed by atoms with van der Waals surface area (Å²) in [7, 11) is 0. The van der Waals surface area contributed by atoms with Crippen molar-refractivity contribution in [1.29, 1.82) is 0 Å². The normalized spacial score (nSPS) is 17.0. The number of thiophene rings is 1. The van der Waals surface area contributed by atoms with Gasteiger partial charge in [-0.1, -0.05) is 107 Å². The Morgan fingerprint density at radius 2 is 1.50 bits per heavy atom. The molecule has 1 atom stereocenters. The van der Waals surface area contributed by atoms with Gasteiger partial charge in [0, 0.05) is 11.3 Å². The zero-order valence-corrected chi connectivity index (χ0v) is 26.3. The van der Waals surface area contributed by atoms with Crippen LogP contribution in [0.4, 0.5) is 5.69 Å². The largest absolute Gasteiger partial charge is 0.494 e. The van der Waals surface area contributed by atoms with Crippen molar-refractivity contribution in [2.75, 3.05) is 6.61 Å². The molecular weight excluding hydrogens is 531 g/mol. The summed E-state index contributed by atoms with van der Waals surface area (Å²) in [6.45, 7) is 5.34. The highest BCUT2D eigenvalue weighted by Gasteiger charge is 2.46. The number of aryl methyl sites for hydroxylation is 1. The van der Waals surface area contributed by atoms with Crippen LogP contribution in [0.25, 0.3) is 0 Å². The maximum atomic E-state index is 6.32. The van der Waals surface area contributed by atoms with Crippen LogP contribution in [0.15, 0.2) is 83.2 Å². The first-order valence-corrected chi connectivity index (χ1v) is 17.2. The molecule has 0 bridgehead atoms. The van der Waals surface area contributed by atoms with Crippen molar-refractivity contribution in [3.8, 4) is 5.75 Å². The van der Waals surface area contributed by atoms with Gasteiger partial charge < -0.3 is 4.74 Å². The van der Waals surface area contributed by atoms with Crippen molar-refractivity contribution in [2.45, 2.75) is 96.3 Å². The van der Waals surface area contributed by atoms with Gasteiger partial charge in [-0.25, -0.2) is 0 Å². The van der Waals surface area contributed by atoms with Gasteiger partial charge in [0.1, 0.15) is 5.75 Å². The second kappa shape index (κ2) is 13.4. The molecule has 3 aromatic carbocycles. The zero-order valence-electron chi connectivity index (χ0n) is 25.5. The summed E-state index contributed by atoms with van der Waals surface area (Å²) in [4.78, 5) is 6.52. The summed E-state index contributed by atoms with van der Waals surface area (Å²) in [6.07, 6.45) is 14.5. The first-order valence-electron chi connectivity index (χ1n) is 16.3. The van der Waals surface area contributed by atoms with E-state index in [0.717, 1.165) is 43.7 Å². The molecule has 0 fully saturated rings. The lowest BCUT2D eigenvalue weighted by Crippen LogP contribution is -2.39. The van der Waals surface area contributed by atoms with Crippen LogP contribution in [-0.4, -0.2) is 12.3 Å². The third kappa shape index (κ3) is 5.86. The van der Waals surface area contributed by atoms with Crippen molar-refractivity contribution >= 4 is 22.7 Å². The number of rotatable bonds is 13. The SMILES string of the molecule is CCCCCCCc1ccc2c(c1)Cc1cc(OCCCCCC)ccc1C21CC(c2cccs2)=Nc2ccccc21. The average molecular weight is 576 g/mol. The van der Waals surface area contributed by atoms with Crippen molar-refractivity contribution in [3.63, 3.8) is 0 Å². The van der Waals surface area contributed by atoms with Gasteiger partial charge in [-0.05, 0) is 88.7 Å². The van der Waals surface area contributed by atoms with E-state index in [9.17, 15) is 0 Å². The lowest BCUT2D eigenvalue weighted by atomic mass is 9.59. The van der Waals surface area contributed by atoms with E-state index in [0.29, 0.717) is 0 Å². The molecule has 0 N–H and O–H groups in total. The Morgan fingerprint density at radius 1 is 0.738 bits per heavy atom. The summed E-state index contributed by atoms with van der Waals surface area (Å²) >= 11 is 1.80. The van der Waals surface area contributed by atoms with Crippen LogP contribution in [0.5, 0.6) is 5.75 Å². The molecule has 0 saturated carbocycles. The molecule has 218 valence electrons. The van der Waals surface area contributed by atoms with Gasteiger partial charge in [0.15, 0.2) is 0 Å². The van der Waals surface area contributed by atoms with Gasteiger partial charge in [-0.2, -0.15) is 0 Å². The Kier molecular flexibility index (Phi) is 9.24. The van der Waals surface area contributed by atoms with E-state index < -0.39 is 0 Å². The van der Waals surface area contributed by atoms with Crippen molar-refractivity contribution in [3.05, 3.63) is 116 Å². The first-order chi connectivity index (χ1) is 20.7. The van der Waals surface area contributed by atoms with Gasteiger partial charge in [-0.3, -0.25) is 4.99 Å². The van der Waals surface area contributed by atoms with Crippen LogP contribution in [-0.2, 0) is 18.3 Å². The van der Waals surface area contributed by atoms with E-state index in [1.54, 1.807) is 11.3 Å². The third-order valence-electron chi connectivity index (χ3n) is 9.24. The number of hydrogen-bond donors (Lipinski definition) is 0. The molecule has 1 aliphatic heterocycles. The second-order valence-corrected chi connectivity index (χ2v) is 13.1. The maximum Gasteiger partial charge on any atom is 0.119 e. The molecule has 6 rings (SSSR count). The second-order valence-electron chi connectivity index (χ2n) is 12.2. The highest BCUT2D eigenvalue weighted by Crippen LogP contribution is 2.54. The Hall–Kier alpha value is -3.17. The van der Waals surface area contributed by atoms with Crippen molar-refractivity contribution < 1.29 is 4.74 Å². The summed E-state index contributed by atoms with van der Waals surface area (Å²) in [6, 6.07) is 27.6. The molecule has 2 heterocycles. The number of nitrogens with zero attached hydrogens (tertiary/aromatic N) is 1. The minimum atomic E-state index is -0.264. The summed E-state index contributed by atoms with van der Waals surface area (Å²) < 4.78 is 6.32. The predicted octanol–water partition coefficient (Wildman–Crippen LogP) is 11.0. The summed E-state index contributed by atoms with van der Waals surface area (Å²) in [5.41, 5.74) is 10.6. The number of ether oxygens (including phenoxy) is 1. The molecule has 0 saturated heterocycles. The Labute approximate surface area is 256 Å². The Bertz CT molecular complexity index is 1450. The molecule has 4 aromatic rings. The zero-order chi connectivity index (χ0) is 28.8. The molecule has 1 aromatic heterocycles. The molecule has 3 heteroatoms. The van der Waals surface area contributed by atoms with Crippen LogP contribution >= 0.6 is 11.3 Å². The van der Waals surface area contributed by atoms with E-state index in [2.05, 4.69) is 92.0 Å². The van der Waals surface area contributed by atoms with Crippen LogP contribution in [0.1, 0.15) is 116 Å². The molecule has 1 aliphatic carbocycles. The van der Waals surface area contributed by atoms with E-state index in [1.165, 1.54) is 95.3 Å². The molecule has 0 radical (unpaired) electrons. The van der Waals surface area contributed by atoms with E-state index in [4.69, 9.17) is 9.73 Å². The highest BCUT2D eigenvalue weighted by molar-refractivity contribution is 7.12. The van der Waals surface area contributed by atoms with Crippen LogP contribution < -0.4 is 4.74 Å². The van der Waals surface area contributed by atoms with Gasteiger partial charge in [0.2, 0.25) is 0 Å². The number of fused-ring (bicyclic) bond motifs is 6. The van der Waals surface area contributed by atoms with Crippen LogP contribution in [0.2, 0.25) is 0 Å². The molecule has 2 nitrogen and oxygen atoms in total. The molecule has 42 heavy (non-hydrogen) atoms. The lowest BCUT2D eigenvalue weighted by molar-refractivity contribution is 0.304. The number of para-hydroxylation sites is 1. The van der Waals surface area contributed by atoms with Gasteiger partial charge >= 0.3 is 0 Å². The van der Waals surface area contributed by atoms with Crippen molar-refractivity contribution in [2.24, 2.45) is 4.99 Å². The standard InChI is InChI=1S/C39H45NOS/c1-3-5-7-9-10-15-29-19-21-33-30(25-29)26-31-27-32(41-23-13-8-6-4-2)20-22-34(31)39(33)28-37(38-18-14-24-42-38)40-36-17-12-11-16-35(36)39/h11-12,14,16-22,24-25,27H,3-10,13,15,23,26,28H2,1-2H3. The van der Waals surface area contributed by atoms with Crippen molar-refractivity contribution in [1.82, 2.24) is 0 Å². The summed E-state index contributed by atoms with van der Waals surface area (Å²) in [5.74, 6) is 1.01. The maximum absolute atomic E-state index is 6.32.